The summed E-state index contributed by atoms with van der Waals surface area (Å²) in [5.41, 5.74) is 10.1. The van der Waals surface area contributed by atoms with Crippen LogP contribution in [0.3, 0.4) is 0 Å². The molecule has 1 atom stereocenters. The number of aliphatic hydroxyl groups is 2. The van der Waals surface area contributed by atoms with Crippen molar-refractivity contribution in [3.63, 3.8) is 0 Å². The van der Waals surface area contributed by atoms with E-state index < -0.39 is 24.7 Å². The number of fused-ring (bicyclic) bond motifs is 1. The van der Waals surface area contributed by atoms with Crippen LogP contribution in [0.1, 0.15) is 42.4 Å². The summed E-state index contributed by atoms with van der Waals surface area (Å²) in [7, 11) is 0. The average molecular weight is 573 g/mol. The predicted molar refractivity (Wildman–Crippen MR) is 162 cm³/mol. The van der Waals surface area contributed by atoms with Crippen molar-refractivity contribution >= 4 is 16.9 Å². The van der Waals surface area contributed by atoms with Crippen molar-refractivity contribution in [2.24, 2.45) is 5.73 Å². The lowest BCUT2D eigenvalue weighted by Crippen LogP contribution is -2.51. The molecule has 8 heteroatoms. The molecule has 1 aliphatic heterocycles. The van der Waals surface area contributed by atoms with Crippen molar-refractivity contribution in [3.8, 4) is 11.4 Å². The zero-order chi connectivity index (χ0) is 29.4. The van der Waals surface area contributed by atoms with E-state index in [0.29, 0.717) is 6.42 Å². The number of rotatable bonds is 13. The van der Waals surface area contributed by atoms with Gasteiger partial charge in [0, 0.05) is 30.1 Å². The molecule has 0 spiro atoms. The first-order valence-electron chi connectivity index (χ1n) is 14.7. The van der Waals surface area contributed by atoms with Crippen LogP contribution < -0.4 is 10.5 Å². The molecule has 1 aliphatic rings. The number of aromatic nitrogens is 1. The molecule has 222 valence electrons. The first-order valence-corrected chi connectivity index (χ1v) is 14.7. The smallest absolute Gasteiger partial charge is 0.306 e. The Morgan fingerprint density at radius 1 is 0.952 bits per heavy atom. The number of carbonyl (C=O) groups excluding carboxylic acids is 1. The number of esters is 1. The number of hydrogen-bond acceptors (Lipinski definition) is 7. The van der Waals surface area contributed by atoms with Gasteiger partial charge in [-0.25, -0.2) is 0 Å². The molecule has 0 radical (unpaired) electrons. The number of hydrogen-bond donors (Lipinski definition) is 3. The quantitative estimate of drug-likeness (QED) is 0.202. The van der Waals surface area contributed by atoms with Gasteiger partial charge in [0.2, 0.25) is 0 Å². The van der Waals surface area contributed by atoms with Crippen molar-refractivity contribution in [2.75, 3.05) is 26.4 Å². The monoisotopic (exact) mass is 572 g/mol. The van der Waals surface area contributed by atoms with Gasteiger partial charge in [0.05, 0.1) is 30.9 Å². The minimum atomic E-state index is -1.33. The Labute approximate surface area is 246 Å². The number of benzene rings is 3. The molecule has 4 N–H and O–H groups in total. The van der Waals surface area contributed by atoms with E-state index in [1.54, 1.807) is 0 Å². The minimum Gasteiger partial charge on any atom is -0.465 e. The second-order valence-electron chi connectivity index (χ2n) is 11.1. The van der Waals surface area contributed by atoms with Gasteiger partial charge in [0.25, 0.3) is 0 Å². The van der Waals surface area contributed by atoms with Gasteiger partial charge in [-0.05, 0) is 85.2 Å². The van der Waals surface area contributed by atoms with Crippen molar-refractivity contribution < 1.29 is 29.2 Å². The first kappa shape index (κ1) is 29.8. The van der Waals surface area contributed by atoms with Crippen molar-refractivity contribution in [1.82, 2.24) is 4.57 Å². The van der Waals surface area contributed by atoms with E-state index in [1.165, 1.54) is 11.1 Å². The van der Waals surface area contributed by atoms with Gasteiger partial charge in [0.15, 0.2) is 6.29 Å². The van der Waals surface area contributed by atoms with Gasteiger partial charge in [-0.3, -0.25) is 4.79 Å². The fourth-order valence-electron chi connectivity index (χ4n) is 5.16. The Balaban J connectivity index is 1.34. The van der Waals surface area contributed by atoms with Gasteiger partial charge < -0.3 is 34.7 Å². The number of carbonyl (C=O) groups is 1. The van der Waals surface area contributed by atoms with E-state index in [1.807, 2.05) is 24.3 Å². The molecule has 1 aromatic heterocycles. The average Bonchev–Trinajstić information content (AvgIpc) is 3.40. The molecule has 5 rings (SSSR count). The van der Waals surface area contributed by atoms with E-state index in [4.69, 9.17) is 19.9 Å². The topological polar surface area (TPSA) is 116 Å². The van der Waals surface area contributed by atoms with Crippen LogP contribution in [0.4, 0.5) is 0 Å². The molecule has 0 aliphatic carbocycles. The highest BCUT2D eigenvalue weighted by molar-refractivity contribution is 5.86. The molecule has 8 nitrogen and oxygen atoms in total. The van der Waals surface area contributed by atoms with E-state index in [-0.39, 0.29) is 19.3 Å². The molecule has 4 aromatic rings. The summed E-state index contributed by atoms with van der Waals surface area (Å²) in [5.74, 6) is 0.375. The number of nitrogens with two attached hydrogens (primary N) is 1. The highest BCUT2D eigenvalue weighted by Gasteiger charge is 2.25. The summed E-state index contributed by atoms with van der Waals surface area (Å²) in [6, 6.07) is 24.9. The molecule has 42 heavy (non-hydrogen) atoms. The highest BCUT2D eigenvalue weighted by Crippen LogP contribution is 2.29. The maximum absolute atomic E-state index is 12.4. The zero-order valence-corrected chi connectivity index (χ0v) is 23.9. The minimum absolute atomic E-state index is 0.171. The number of aryl methyl sites for hydroxylation is 3. The summed E-state index contributed by atoms with van der Waals surface area (Å²) in [5, 5.41) is 19.8. The number of nitrogens with zero attached hydrogens (tertiary/aromatic N) is 1. The maximum Gasteiger partial charge on any atom is 0.306 e. The summed E-state index contributed by atoms with van der Waals surface area (Å²) >= 11 is 0. The summed E-state index contributed by atoms with van der Waals surface area (Å²) in [6.07, 6.45) is 7.61. The third-order valence-corrected chi connectivity index (χ3v) is 7.77. The molecule has 1 saturated heterocycles. The summed E-state index contributed by atoms with van der Waals surface area (Å²) in [4.78, 5) is 12.4. The largest absolute Gasteiger partial charge is 0.465 e. The molecular weight excluding hydrogens is 532 g/mol. The number of aliphatic hydroxyl groups excluding tert-OH is 2. The van der Waals surface area contributed by atoms with Gasteiger partial charge in [-0.2, -0.15) is 0 Å². The molecular formula is C34H40N2O6. The molecule has 1 fully saturated rings. The second-order valence-corrected chi connectivity index (χ2v) is 11.1. The molecule has 0 saturated carbocycles. The maximum atomic E-state index is 12.4. The van der Waals surface area contributed by atoms with E-state index in [9.17, 15) is 15.0 Å². The van der Waals surface area contributed by atoms with E-state index >= 15 is 0 Å². The molecule has 3 aromatic carbocycles. The Kier molecular flexibility index (Phi) is 9.92. The van der Waals surface area contributed by atoms with Crippen molar-refractivity contribution in [1.29, 1.82) is 0 Å². The third-order valence-electron chi connectivity index (χ3n) is 7.77. The Morgan fingerprint density at radius 2 is 1.74 bits per heavy atom. The zero-order valence-electron chi connectivity index (χ0n) is 23.9. The van der Waals surface area contributed by atoms with Gasteiger partial charge in [-0.1, -0.05) is 36.4 Å². The van der Waals surface area contributed by atoms with Crippen molar-refractivity contribution in [2.45, 2.75) is 56.8 Å². The molecule has 2 heterocycles. The van der Waals surface area contributed by atoms with Crippen LogP contribution >= 0.6 is 0 Å². The normalized spacial score (nSPS) is 15.5. The van der Waals surface area contributed by atoms with Crippen LogP contribution in [0.25, 0.3) is 16.6 Å². The lowest BCUT2D eigenvalue weighted by Gasteiger charge is -2.23. The van der Waals surface area contributed by atoms with Gasteiger partial charge >= 0.3 is 5.97 Å². The Bertz CT molecular complexity index is 1440. The fraction of sp³-hybridized carbons (Fsp3) is 0.382. The van der Waals surface area contributed by atoms with Gasteiger partial charge in [-0.15, -0.1) is 0 Å². The van der Waals surface area contributed by atoms with Crippen molar-refractivity contribution in [3.05, 3.63) is 95.7 Å². The van der Waals surface area contributed by atoms with Crippen LogP contribution in [-0.2, 0) is 33.5 Å². The Hall–Kier alpha value is -3.69. The van der Waals surface area contributed by atoms with Crippen LogP contribution in [0.5, 0.6) is 5.75 Å². The fourth-order valence-corrected chi connectivity index (χ4v) is 5.16. The molecule has 0 bridgehead atoms. The number of ether oxygens (including phenoxy) is 3. The Morgan fingerprint density at radius 3 is 2.45 bits per heavy atom. The third kappa shape index (κ3) is 7.57. The predicted octanol–water partition coefficient (Wildman–Crippen LogP) is 4.48. The SMILES string of the molecule is NC(CO)(CO)COC(=O)CCc1ccc2c(c1)c(CCc1ccccc1)cn2-c1ccc(OC2CCCCO2)cc1. The molecule has 1 unspecified atom stereocenters. The first-order chi connectivity index (χ1) is 20.5. The van der Waals surface area contributed by atoms with Gasteiger partial charge in [0.1, 0.15) is 12.4 Å². The van der Waals surface area contributed by atoms with E-state index in [0.717, 1.165) is 66.6 Å². The molecule has 0 amide bonds. The lowest BCUT2D eigenvalue weighted by molar-refractivity contribution is -0.146. The standard InChI is InChI=1S/C34H40N2O6/c35-34(22-37,23-38)24-41-32(39)18-11-26-10-17-31-30(20-26)27(12-9-25-6-2-1-3-7-25)21-36(31)28-13-15-29(16-14-28)42-33-8-4-5-19-40-33/h1-3,6-7,10,13-17,20-21,33,37-38H,4-5,8-9,11-12,18-19,22-24,35H2. The summed E-state index contributed by atoms with van der Waals surface area (Å²) in [6.45, 7) is -0.432. The van der Waals surface area contributed by atoms with Crippen LogP contribution in [-0.4, -0.2) is 59.0 Å². The lowest BCUT2D eigenvalue weighted by atomic mass is 10.0. The van der Waals surface area contributed by atoms with Crippen LogP contribution in [0, 0.1) is 0 Å². The van der Waals surface area contributed by atoms with Crippen LogP contribution in [0.15, 0.2) is 79.0 Å². The second kappa shape index (κ2) is 14.0. The summed E-state index contributed by atoms with van der Waals surface area (Å²) < 4.78 is 19.2. The highest BCUT2D eigenvalue weighted by atomic mass is 16.7. The van der Waals surface area contributed by atoms with Crippen LogP contribution in [0.2, 0.25) is 0 Å². The van der Waals surface area contributed by atoms with E-state index in [2.05, 4.69) is 59.3 Å².